The molecule has 146 valence electrons. The molecule has 0 spiro atoms. The number of ether oxygens (including phenoxy) is 1. The molecule has 26 heavy (non-hydrogen) atoms. The number of likely N-dealkylation sites (tertiary alicyclic amines) is 1. The molecule has 0 atom stereocenters. The molecule has 2 fully saturated rings. The summed E-state index contributed by atoms with van der Waals surface area (Å²) in [6.45, 7) is 3.23. The van der Waals surface area contributed by atoms with Crippen LogP contribution in [0.1, 0.15) is 51.4 Å². The Kier molecular flexibility index (Phi) is 8.47. The molecule has 1 aromatic carbocycles. The molecule has 6 heteroatoms. The molecular weight excluding hydrogens is 439 g/mol. The van der Waals surface area contributed by atoms with Gasteiger partial charge in [-0.05, 0) is 50.9 Å². The van der Waals surface area contributed by atoms with Crippen LogP contribution in [0.15, 0.2) is 29.3 Å². The normalized spacial score (nSPS) is 20.9. The molecule has 5 nitrogen and oxygen atoms in total. The molecule has 1 aliphatic heterocycles. The van der Waals surface area contributed by atoms with Crippen molar-refractivity contribution in [3.05, 3.63) is 24.3 Å². The Balaban J connectivity index is 0.00000243. The first-order valence-corrected chi connectivity index (χ1v) is 9.68. The van der Waals surface area contributed by atoms with Crippen molar-refractivity contribution < 1.29 is 4.74 Å². The molecular formula is C20H33IN4O. The lowest BCUT2D eigenvalue weighted by Crippen LogP contribution is -2.54. The second kappa shape index (κ2) is 10.3. The van der Waals surface area contributed by atoms with E-state index < -0.39 is 0 Å². The van der Waals surface area contributed by atoms with Gasteiger partial charge in [0.25, 0.3) is 0 Å². The van der Waals surface area contributed by atoms with E-state index in [-0.39, 0.29) is 29.5 Å². The maximum atomic E-state index is 6.20. The van der Waals surface area contributed by atoms with Crippen molar-refractivity contribution in [2.45, 2.75) is 56.9 Å². The predicted octanol–water partition coefficient (Wildman–Crippen LogP) is 4.23. The number of para-hydroxylation sites is 2. The van der Waals surface area contributed by atoms with Gasteiger partial charge in [-0.25, -0.2) is 0 Å². The summed E-state index contributed by atoms with van der Waals surface area (Å²) in [5.41, 5.74) is 7.28. The minimum atomic E-state index is 0. The van der Waals surface area contributed by atoms with E-state index in [1.54, 1.807) is 7.11 Å². The van der Waals surface area contributed by atoms with Crippen LogP contribution in [0.2, 0.25) is 0 Å². The standard InChI is InChI=1S/C20H32N4O.HI/c1-25-18-11-5-4-10-17(18)23-19(21)22-16-20(12-6-2-7-13-20)24-14-8-3-9-15-24;/h4-5,10-11H,2-3,6-9,12-16H2,1H3,(H3,21,22,23);1H. The van der Waals surface area contributed by atoms with Crippen LogP contribution in [0.25, 0.3) is 0 Å². The number of anilines is 1. The fourth-order valence-electron chi connectivity index (χ4n) is 4.31. The zero-order valence-corrected chi connectivity index (χ0v) is 18.2. The average molecular weight is 472 g/mol. The van der Waals surface area contributed by atoms with Crippen LogP contribution in [0, 0.1) is 0 Å². The van der Waals surface area contributed by atoms with Crippen molar-refractivity contribution in [3.8, 4) is 5.75 Å². The van der Waals surface area contributed by atoms with Gasteiger partial charge in [0.2, 0.25) is 0 Å². The largest absolute Gasteiger partial charge is 0.495 e. The quantitative estimate of drug-likeness (QED) is 0.383. The van der Waals surface area contributed by atoms with Crippen molar-refractivity contribution in [1.82, 2.24) is 4.90 Å². The Labute approximate surface area is 174 Å². The molecule has 1 aliphatic carbocycles. The second-order valence-corrected chi connectivity index (χ2v) is 7.36. The number of methoxy groups -OCH3 is 1. The number of aliphatic imine (C=N–C) groups is 1. The second-order valence-electron chi connectivity index (χ2n) is 7.36. The molecule has 2 aliphatic rings. The van der Waals surface area contributed by atoms with E-state index in [0.29, 0.717) is 5.96 Å². The Morgan fingerprint density at radius 3 is 2.46 bits per heavy atom. The van der Waals surface area contributed by atoms with Crippen LogP contribution in [0.4, 0.5) is 5.69 Å². The van der Waals surface area contributed by atoms with Gasteiger partial charge in [0.1, 0.15) is 5.75 Å². The third-order valence-electron chi connectivity index (χ3n) is 5.72. The molecule has 0 bridgehead atoms. The van der Waals surface area contributed by atoms with Gasteiger partial charge in [-0.2, -0.15) is 0 Å². The third kappa shape index (κ3) is 5.25. The number of guanidine groups is 1. The number of benzene rings is 1. The van der Waals surface area contributed by atoms with Gasteiger partial charge >= 0.3 is 0 Å². The van der Waals surface area contributed by atoms with E-state index in [0.717, 1.165) is 18.0 Å². The zero-order valence-electron chi connectivity index (χ0n) is 15.9. The molecule has 1 heterocycles. The molecule has 3 N–H and O–H groups in total. The zero-order chi connectivity index (χ0) is 17.5. The number of hydrogen-bond acceptors (Lipinski definition) is 3. The highest BCUT2D eigenvalue weighted by Gasteiger charge is 2.38. The number of halogens is 1. The SMILES string of the molecule is COc1ccccc1NC(N)=NCC1(N2CCCCC2)CCCCC1.I. The predicted molar refractivity (Wildman–Crippen MR) is 120 cm³/mol. The van der Waals surface area contributed by atoms with E-state index in [1.807, 2.05) is 24.3 Å². The van der Waals surface area contributed by atoms with Crippen molar-refractivity contribution in [2.24, 2.45) is 10.7 Å². The number of piperidine rings is 1. The Bertz CT molecular complexity index is 581. The van der Waals surface area contributed by atoms with Gasteiger partial charge in [0.05, 0.1) is 19.3 Å². The third-order valence-corrected chi connectivity index (χ3v) is 5.72. The highest BCUT2D eigenvalue weighted by atomic mass is 127. The maximum absolute atomic E-state index is 6.20. The first-order chi connectivity index (χ1) is 12.2. The van der Waals surface area contributed by atoms with Crippen molar-refractivity contribution >= 4 is 35.6 Å². The summed E-state index contributed by atoms with van der Waals surface area (Å²) in [5, 5.41) is 3.21. The summed E-state index contributed by atoms with van der Waals surface area (Å²) in [5.74, 6) is 1.26. The van der Waals surface area contributed by atoms with Crippen LogP contribution < -0.4 is 15.8 Å². The van der Waals surface area contributed by atoms with Crippen LogP contribution in [-0.4, -0.2) is 43.1 Å². The number of nitrogens with one attached hydrogen (secondary N) is 1. The van der Waals surface area contributed by atoms with E-state index in [2.05, 4.69) is 10.2 Å². The van der Waals surface area contributed by atoms with Gasteiger partial charge in [-0.3, -0.25) is 9.89 Å². The Hall–Kier alpha value is -1.02. The summed E-state index contributed by atoms with van der Waals surface area (Å²) in [6.07, 6.45) is 10.5. The molecule has 3 rings (SSSR count). The lowest BCUT2D eigenvalue weighted by Gasteiger charge is -2.47. The molecule has 0 radical (unpaired) electrons. The Morgan fingerprint density at radius 1 is 1.12 bits per heavy atom. The van der Waals surface area contributed by atoms with E-state index in [4.69, 9.17) is 15.5 Å². The number of hydrogen-bond donors (Lipinski definition) is 2. The maximum Gasteiger partial charge on any atom is 0.193 e. The Morgan fingerprint density at radius 2 is 1.77 bits per heavy atom. The highest BCUT2D eigenvalue weighted by Crippen LogP contribution is 2.36. The van der Waals surface area contributed by atoms with Crippen molar-refractivity contribution in [2.75, 3.05) is 32.1 Å². The summed E-state index contributed by atoms with van der Waals surface area (Å²) < 4.78 is 5.37. The van der Waals surface area contributed by atoms with E-state index >= 15 is 0 Å². The van der Waals surface area contributed by atoms with E-state index in [1.165, 1.54) is 64.5 Å². The highest BCUT2D eigenvalue weighted by molar-refractivity contribution is 14.0. The summed E-state index contributed by atoms with van der Waals surface area (Å²) >= 11 is 0. The van der Waals surface area contributed by atoms with E-state index in [9.17, 15) is 0 Å². The van der Waals surface area contributed by atoms with Crippen molar-refractivity contribution in [3.63, 3.8) is 0 Å². The molecule has 0 amide bonds. The summed E-state index contributed by atoms with van der Waals surface area (Å²) in [4.78, 5) is 7.46. The molecule has 0 aromatic heterocycles. The lowest BCUT2D eigenvalue weighted by atomic mass is 9.79. The van der Waals surface area contributed by atoms with Gasteiger partial charge < -0.3 is 15.8 Å². The fourth-order valence-corrected chi connectivity index (χ4v) is 4.31. The lowest BCUT2D eigenvalue weighted by molar-refractivity contribution is 0.0408. The van der Waals surface area contributed by atoms with Crippen LogP contribution >= 0.6 is 24.0 Å². The fraction of sp³-hybridized carbons (Fsp3) is 0.650. The van der Waals surface area contributed by atoms with Crippen LogP contribution in [0.3, 0.4) is 0 Å². The first kappa shape index (κ1) is 21.3. The molecule has 1 saturated heterocycles. The monoisotopic (exact) mass is 472 g/mol. The topological polar surface area (TPSA) is 62.9 Å². The van der Waals surface area contributed by atoms with Crippen LogP contribution in [-0.2, 0) is 0 Å². The van der Waals surface area contributed by atoms with Gasteiger partial charge in [-0.1, -0.05) is 37.8 Å². The molecule has 1 aromatic rings. The summed E-state index contributed by atoms with van der Waals surface area (Å²) in [7, 11) is 1.67. The number of rotatable bonds is 5. The minimum Gasteiger partial charge on any atom is -0.495 e. The summed E-state index contributed by atoms with van der Waals surface area (Å²) in [6, 6.07) is 7.80. The minimum absolute atomic E-state index is 0. The smallest absolute Gasteiger partial charge is 0.193 e. The van der Waals surface area contributed by atoms with Gasteiger partial charge in [0.15, 0.2) is 5.96 Å². The average Bonchev–Trinajstić information content (AvgIpc) is 2.68. The van der Waals surface area contributed by atoms with Crippen molar-refractivity contribution in [1.29, 1.82) is 0 Å². The van der Waals surface area contributed by atoms with Crippen LogP contribution in [0.5, 0.6) is 5.75 Å². The van der Waals surface area contributed by atoms with Gasteiger partial charge in [0, 0.05) is 5.54 Å². The number of nitrogens with two attached hydrogens (primary N) is 1. The molecule has 1 saturated carbocycles. The first-order valence-electron chi connectivity index (χ1n) is 9.68. The van der Waals surface area contributed by atoms with Gasteiger partial charge in [-0.15, -0.1) is 24.0 Å². The molecule has 0 unspecified atom stereocenters. The number of nitrogens with zero attached hydrogens (tertiary/aromatic N) is 2.